The van der Waals surface area contributed by atoms with Gasteiger partial charge >= 0.3 is 5.97 Å². The molecule has 86 valence electrons. The third-order valence-corrected chi connectivity index (χ3v) is 3.31. The van der Waals surface area contributed by atoms with Crippen LogP contribution in [0.15, 0.2) is 16.7 Å². The fraction of sp³-hybridized carbons (Fsp3) is 0.455. The minimum atomic E-state index is -0.338. The van der Waals surface area contributed by atoms with Gasteiger partial charge < -0.3 is 9.64 Å². The number of anilines is 1. The summed E-state index contributed by atoms with van der Waals surface area (Å²) in [6.45, 7) is 2.02. The lowest BCUT2D eigenvalue weighted by Gasteiger charge is -2.17. The molecule has 0 atom stereocenters. The quantitative estimate of drug-likeness (QED) is 0.781. The molecule has 1 aliphatic rings. The first-order chi connectivity index (χ1) is 7.72. The number of esters is 1. The fourth-order valence-corrected chi connectivity index (χ4v) is 2.19. The van der Waals surface area contributed by atoms with Gasteiger partial charge in [-0.05, 0) is 34.8 Å². The molecule has 0 spiro atoms. The van der Waals surface area contributed by atoms with E-state index in [4.69, 9.17) is 4.74 Å². The summed E-state index contributed by atoms with van der Waals surface area (Å²) in [5.41, 5.74) is 0.527. The number of pyridine rings is 1. The van der Waals surface area contributed by atoms with E-state index in [2.05, 4.69) is 25.8 Å². The molecule has 0 radical (unpaired) electrons. The van der Waals surface area contributed by atoms with Gasteiger partial charge in [0, 0.05) is 19.3 Å². The number of ether oxygens (including phenoxy) is 1. The van der Waals surface area contributed by atoms with Gasteiger partial charge in [0.25, 0.3) is 0 Å². The van der Waals surface area contributed by atoms with Gasteiger partial charge in [-0.1, -0.05) is 0 Å². The molecule has 2 heterocycles. The third-order valence-electron chi connectivity index (χ3n) is 2.68. The summed E-state index contributed by atoms with van der Waals surface area (Å²) in [5.74, 6) is 0.510. The van der Waals surface area contributed by atoms with Crippen LogP contribution in [0.1, 0.15) is 23.2 Å². The number of carbonyl (C=O) groups excluding carboxylic acids is 1. The highest BCUT2D eigenvalue weighted by Crippen LogP contribution is 2.24. The summed E-state index contributed by atoms with van der Waals surface area (Å²) in [7, 11) is 1.38. The van der Waals surface area contributed by atoms with Crippen molar-refractivity contribution in [3.8, 4) is 0 Å². The van der Waals surface area contributed by atoms with E-state index in [1.807, 2.05) is 0 Å². The number of aromatic nitrogens is 1. The lowest BCUT2D eigenvalue weighted by molar-refractivity contribution is 0.0599. The summed E-state index contributed by atoms with van der Waals surface area (Å²) in [4.78, 5) is 18.0. The minimum absolute atomic E-state index is 0.338. The average molecular weight is 285 g/mol. The number of nitrogens with zero attached hydrogens (tertiary/aromatic N) is 2. The largest absolute Gasteiger partial charge is 0.465 e. The van der Waals surface area contributed by atoms with Crippen LogP contribution < -0.4 is 4.90 Å². The molecule has 0 unspecified atom stereocenters. The highest BCUT2D eigenvalue weighted by molar-refractivity contribution is 9.10. The van der Waals surface area contributed by atoms with Crippen molar-refractivity contribution in [3.05, 3.63) is 22.3 Å². The van der Waals surface area contributed by atoms with E-state index < -0.39 is 0 Å². The van der Waals surface area contributed by atoms with E-state index in [9.17, 15) is 4.79 Å². The van der Waals surface area contributed by atoms with Gasteiger partial charge in [-0.25, -0.2) is 9.78 Å². The Labute approximate surface area is 103 Å². The molecule has 4 nitrogen and oxygen atoms in total. The number of methoxy groups -OCH3 is 1. The van der Waals surface area contributed by atoms with Crippen molar-refractivity contribution < 1.29 is 9.53 Å². The van der Waals surface area contributed by atoms with Crippen molar-refractivity contribution in [1.82, 2.24) is 4.98 Å². The van der Waals surface area contributed by atoms with Gasteiger partial charge in [-0.3, -0.25) is 0 Å². The van der Waals surface area contributed by atoms with Crippen molar-refractivity contribution in [3.63, 3.8) is 0 Å². The molecule has 16 heavy (non-hydrogen) atoms. The molecule has 1 saturated heterocycles. The lowest BCUT2D eigenvalue weighted by atomic mass is 10.2. The molecule has 0 amide bonds. The summed E-state index contributed by atoms with van der Waals surface area (Å²) in [6, 6.07) is 1.78. The van der Waals surface area contributed by atoms with Crippen molar-refractivity contribution in [1.29, 1.82) is 0 Å². The van der Waals surface area contributed by atoms with Crippen LogP contribution in [-0.2, 0) is 4.74 Å². The average Bonchev–Trinajstić information content (AvgIpc) is 2.82. The van der Waals surface area contributed by atoms with E-state index in [0.717, 1.165) is 18.9 Å². The van der Waals surface area contributed by atoms with Crippen molar-refractivity contribution in [2.24, 2.45) is 0 Å². The van der Waals surface area contributed by atoms with Crippen LogP contribution >= 0.6 is 15.9 Å². The maximum absolute atomic E-state index is 11.5. The van der Waals surface area contributed by atoms with Crippen molar-refractivity contribution >= 4 is 27.7 Å². The SMILES string of the molecule is COC(=O)c1cc(N2CCCC2)ncc1Br. The molecule has 0 bridgehead atoms. The summed E-state index contributed by atoms with van der Waals surface area (Å²) in [6.07, 6.45) is 4.02. The Kier molecular flexibility index (Phi) is 3.43. The Morgan fingerprint density at radius 3 is 2.81 bits per heavy atom. The first-order valence-corrected chi connectivity index (χ1v) is 6.00. The Morgan fingerprint density at radius 2 is 2.19 bits per heavy atom. The van der Waals surface area contributed by atoms with E-state index in [1.165, 1.54) is 20.0 Å². The topological polar surface area (TPSA) is 42.4 Å². The zero-order valence-electron chi connectivity index (χ0n) is 9.07. The molecular formula is C11H13BrN2O2. The molecule has 5 heteroatoms. The van der Waals surface area contributed by atoms with Crippen molar-refractivity contribution in [2.75, 3.05) is 25.1 Å². The Morgan fingerprint density at radius 1 is 1.50 bits per heavy atom. The number of hydrogen-bond donors (Lipinski definition) is 0. The normalized spacial score (nSPS) is 15.2. The highest BCUT2D eigenvalue weighted by atomic mass is 79.9. The van der Waals surface area contributed by atoms with E-state index in [0.29, 0.717) is 10.0 Å². The van der Waals surface area contributed by atoms with Gasteiger partial charge in [0.1, 0.15) is 5.82 Å². The zero-order chi connectivity index (χ0) is 11.5. The molecule has 1 aromatic heterocycles. The maximum Gasteiger partial charge on any atom is 0.339 e. The van der Waals surface area contributed by atoms with E-state index >= 15 is 0 Å². The number of rotatable bonds is 2. The Balaban J connectivity index is 2.30. The Bertz CT molecular complexity index is 403. The summed E-state index contributed by atoms with van der Waals surface area (Å²) < 4.78 is 5.39. The van der Waals surface area contributed by atoms with Crippen LogP contribution in [0.3, 0.4) is 0 Å². The van der Waals surface area contributed by atoms with E-state index in [1.54, 1.807) is 12.3 Å². The third kappa shape index (κ3) is 2.19. The molecule has 1 fully saturated rings. The lowest BCUT2D eigenvalue weighted by Crippen LogP contribution is -2.19. The second-order valence-corrected chi connectivity index (χ2v) is 4.56. The van der Waals surface area contributed by atoms with Gasteiger partial charge in [-0.2, -0.15) is 0 Å². The fourth-order valence-electron chi connectivity index (χ4n) is 1.81. The van der Waals surface area contributed by atoms with Gasteiger partial charge in [0.05, 0.1) is 17.1 Å². The first-order valence-electron chi connectivity index (χ1n) is 5.21. The molecule has 1 aromatic rings. The maximum atomic E-state index is 11.5. The minimum Gasteiger partial charge on any atom is -0.465 e. The highest BCUT2D eigenvalue weighted by Gasteiger charge is 2.17. The second-order valence-electron chi connectivity index (χ2n) is 3.71. The predicted molar refractivity (Wildman–Crippen MR) is 64.7 cm³/mol. The summed E-state index contributed by atoms with van der Waals surface area (Å²) in [5, 5.41) is 0. The second kappa shape index (κ2) is 4.82. The molecule has 2 rings (SSSR count). The standard InChI is InChI=1S/C11H13BrN2O2/c1-16-11(15)8-6-10(13-7-9(8)12)14-4-2-3-5-14/h6-7H,2-5H2,1H3. The first kappa shape index (κ1) is 11.4. The molecular weight excluding hydrogens is 272 g/mol. The Hall–Kier alpha value is -1.10. The van der Waals surface area contributed by atoms with Gasteiger partial charge in [0.2, 0.25) is 0 Å². The van der Waals surface area contributed by atoms with E-state index in [-0.39, 0.29) is 5.97 Å². The van der Waals surface area contributed by atoms with Crippen LogP contribution in [-0.4, -0.2) is 31.2 Å². The molecule has 1 aliphatic heterocycles. The van der Waals surface area contributed by atoms with Gasteiger partial charge in [0.15, 0.2) is 0 Å². The number of halogens is 1. The zero-order valence-corrected chi connectivity index (χ0v) is 10.7. The smallest absolute Gasteiger partial charge is 0.339 e. The van der Waals surface area contributed by atoms with Crippen molar-refractivity contribution in [2.45, 2.75) is 12.8 Å². The molecule has 0 saturated carbocycles. The number of carbonyl (C=O) groups is 1. The van der Waals surface area contributed by atoms with Crippen LogP contribution in [0.4, 0.5) is 5.82 Å². The van der Waals surface area contributed by atoms with Crippen LogP contribution in [0, 0.1) is 0 Å². The number of hydrogen-bond acceptors (Lipinski definition) is 4. The summed E-state index contributed by atoms with van der Waals surface area (Å²) >= 11 is 3.30. The molecule has 0 aliphatic carbocycles. The monoisotopic (exact) mass is 284 g/mol. The van der Waals surface area contributed by atoms with Gasteiger partial charge in [-0.15, -0.1) is 0 Å². The van der Waals surface area contributed by atoms with Crippen LogP contribution in [0.2, 0.25) is 0 Å². The molecule has 0 N–H and O–H groups in total. The molecule has 0 aromatic carbocycles. The predicted octanol–water partition coefficient (Wildman–Crippen LogP) is 2.23. The van der Waals surface area contributed by atoms with Crippen LogP contribution in [0.25, 0.3) is 0 Å². The van der Waals surface area contributed by atoms with Crippen LogP contribution in [0.5, 0.6) is 0 Å².